The van der Waals surface area contributed by atoms with Gasteiger partial charge in [0.1, 0.15) is 23.9 Å². The van der Waals surface area contributed by atoms with Crippen molar-refractivity contribution < 1.29 is 67.1 Å². The molecule has 0 radical (unpaired) electrons. The number of methoxy groups -OCH3 is 1. The zero-order chi connectivity index (χ0) is 37.1. The lowest BCUT2D eigenvalue weighted by Gasteiger charge is -2.67. The van der Waals surface area contributed by atoms with Crippen molar-refractivity contribution in [1.29, 1.82) is 0 Å². The van der Waals surface area contributed by atoms with Crippen LogP contribution in [0.15, 0.2) is 12.2 Å². The quantitative estimate of drug-likeness (QED) is 0.108. The van der Waals surface area contributed by atoms with Gasteiger partial charge in [0.05, 0.1) is 37.6 Å². The van der Waals surface area contributed by atoms with Gasteiger partial charge in [-0.3, -0.25) is 4.55 Å². The van der Waals surface area contributed by atoms with Crippen LogP contribution in [-0.4, -0.2) is 130 Å². The molecule has 1 aliphatic heterocycles. The third-order valence-corrected chi connectivity index (χ3v) is 14.1. The average Bonchev–Trinajstić information content (AvgIpc) is 3.23. The van der Waals surface area contributed by atoms with E-state index in [0.717, 1.165) is 0 Å². The smallest absolute Gasteiger partial charge is 0.393 e. The molecular formula is C35H60O14S. The zero-order valence-corrected chi connectivity index (χ0v) is 30.8. The molecule has 0 aromatic heterocycles. The van der Waals surface area contributed by atoms with Crippen molar-refractivity contribution in [1.82, 2.24) is 0 Å². The molecule has 5 rings (SSSR count). The first-order valence-electron chi connectivity index (χ1n) is 18.1. The molecule has 14 nitrogen and oxygen atoms in total. The second-order valence-electron chi connectivity index (χ2n) is 16.7. The van der Waals surface area contributed by atoms with Gasteiger partial charge in [-0.15, -0.1) is 0 Å². The van der Waals surface area contributed by atoms with Gasteiger partial charge in [-0.2, -0.15) is 8.42 Å². The summed E-state index contributed by atoms with van der Waals surface area (Å²) in [6, 6.07) is 0. The second-order valence-corrected chi connectivity index (χ2v) is 17.8. The first kappa shape index (κ1) is 40.4. The van der Waals surface area contributed by atoms with Crippen LogP contribution in [0, 0.1) is 52.3 Å². The molecule has 0 bridgehead atoms. The number of aliphatic hydroxyl groups excluding tert-OH is 6. The predicted octanol–water partition coefficient (Wildman–Crippen LogP) is 0.796. The highest BCUT2D eigenvalue weighted by molar-refractivity contribution is 7.80. The Bertz CT molecular complexity index is 1310. The monoisotopic (exact) mass is 736 g/mol. The second kappa shape index (κ2) is 14.8. The largest absolute Gasteiger partial charge is 0.397 e. The third-order valence-electron chi connectivity index (χ3n) is 13.7. The van der Waals surface area contributed by atoms with Gasteiger partial charge in [0.15, 0.2) is 12.4 Å². The van der Waals surface area contributed by atoms with E-state index in [4.69, 9.17) is 18.4 Å². The summed E-state index contributed by atoms with van der Waals surface area (Å²) < 4.78 is 53.6. The van der Waals surface area contributed by atoms with Crippen LogP contribution >= 0.6 is 0 Å². The van der Waals surface area contributed by atoms with Crippen molar-refractivity contribution in [2.75, 3.05) is 20.3 Å². The maximum atomic E-state index is 12.6. The Morgan fingerprint density at radius 2 is 1.58 bits per heavy atom. The van der Waals surface area contributed by atoms with Crippen molar-refractivity contribution in [3.8, 4) is 0 Å². The number of fused-ring (bicyclic) bond motifs is 5. The van der Waals surface area contributed by atoms with Gasteiger partial charge in [0, 0.05) is 13.0 Å². The molecule has 1 saturated heterocycles. The van der Waals surface area contributed by atoms with Crippen LogP contribution in [0.5, 0.6) is 0 Å². The molecular weight excluding hydrogens is 676 g/mol. The molecule has 50 heavy (non-hydrogen) atoms. The summed E-state index contributed by atoms with van der Waals surface area (Å²) in [7, 11) is -3.64. The number of hydrogen-bond donors (Lipinski definition) is 8. The molecule has 8 N–H and O–H groups in total. The van der Waals surface area contributed by atoms with E-state index in [-0.39, 0.29) is 31.0 Å². The Balaban J connectivity index is 1.31. The molecule has 15 heteroatoms. The van der Waals surface area contributed by atoms with Crippen molar-refractivity contribution in [2.45, 2.75) is 134 Å². The maximum Gasteiger partial charge on any atom is 0.397 e. The molecule has 0 aromatic rings. The summed E-state index contributed by atoms with van der Waals surface area (Å²) in [4.78, 5) is 0. The molecule has 0 amide bonds. The van der Waals surface area contributed by atoms with Crippen LogP contribution in [-0.2, 0) is 28.8 Å². The van der Waals surface area contributed by atoms with Gasteiger partial charge in [0.2, 0.25) is 0 Å². The molecule has 1 heterocycles. The fourth-order valence-corrected chi connectivity index (χ4v) is 11.7. The summed E-state index contributed by atoms with van der Waals surface area (Å²) in [6.45, 7) is 9.94. The van der Waals surface area contributed by atoms with E-state index >= 15 is 0 Å². The standard InChI is InChI=1S/C35H60O14S/c1-17(2)19(11-14-47-32-29(49-50(43,44)45)28(46-6)22(37)16-48-32)8-7-18(3)24-26(39)27(40)30-34(24,5)13-10-23-33(4)12-9-20(36)15-21(33)25(38)31(41)35(23,30)42/h7-8,17-32,36-42H,9-16H2,1-6H3,(H,43,44,45)/b8-7+/t18-,19-,20+,21-,22-,23-,24+,25-,26-,27-,28-,29+,30+,31-,32-,33+,34-,35+/m1/s1. The van der Waals surface area contributed by atoms with Crippen LogP contribution in [0.1, 0.15) is 73.1 Å². The number of allylic oxidation sites excluding steroid dienone is 2. The minimum atomic E-state index is -4.90. The van der Waals surface area contributed by atoms with E-state index in [0.29, 0.717) is 38.5 Å². The number of rotatable bonds is 11. The van der Waals surface area contributed by atoms with E-state index in [1.54, 1.807) is 0 Å². The highest BCUT2D eigenvalue weighted by atomic mass is 32.3. The SMILES string of the molecule is CO[C@H]1[C@H](OS(=O)(=O)O)[C@H](OCC[C@@H](/C=C/[C@@H](C)[C@H]2[C@@H](O)[C@@H](O)[C@H]3[C@]2(C)CC[C@@H]2[C@@]4(C)CC[C@H](O)C[C@@H]4[C@@H](O)[C@@H](O)[C@]23O)C(C)C)OC[C@H]1O. The van der Waals surface area contributed by atoms with Crippen molar-refractivity contribution in [2.24, 2.45) is 52.3 Å². The summed E-state index contributed by atoms with van der Waals surface area (Å²) in [5.74, 6) is -2.33. The first-order valence-corrected chi connectivity index (χ1v) is 19.5. The molecule has 4 aliphatic carbocycles. The predicted molar refractivity (Wildman–Crippen MR) is 178 cm³/mol. The summed E-state index contributed by atoms with van der Waals surface area (Å²) >= 11 is 0. The lowest BCUT2D eigenvalue weighted by atomic mass is 9.41. The van der Waals surface area contributed by atoms with E-state index in [1.807, 2.05) is 46.8 Å². The third kappa shape index (κ3) is 6.98. The van der Waals surface area contributed by atoms with E-state index in [1.165, 1.54) is 7.11 Å². The normalized spacial score (nSPS) is 49.4. The van der Waals surface area contributed by atoms with Crippen LogP contribution in [0.4, 0.5) is 0 Å². The Hall–Kier alpha value is -0.790. The molecule has 0 unspecified atom stereocenters. The highest BCUT2D eigenvalue weighted by Gasteiger charge is 2.75. The average molecular weight is 737 g/mol. The van der Waals surface area contributed by atoms with Gasteiger partial charge in [-0.1, -0.05) is 46.8 Å². The molecule has 5 fully saturated rings. The zero-order valence-electron chi connectivity index (χ0n) is 30.0. The highest BCUT2D eigenvalue weighted by Crippen LogP contribution is 2.69. The number of aliphatic hydroxyl groups is 7. The molecule has 4 saturated carbocycles. The van der Waals surface area contributed by atoms with Crippen LogP contribution in [0.3, 0.4) is 0 Å². The lowest BCUT2D eigenvalue weighted by molar-refractivity contribution is -0.309. The van der Waals surface area contributed by atoms with Crippen LogP contribution in [0.25, 0.3) is 0 Å². The Morgan fingerprint density at radius 3 is 2.20 bits per heavy atom. The molecule has 0 spiro atoms. The fraction of sp³-hybridized carbons (Fsp3) is 0.943. The summed E-state index contributed by atoms with van der Waals surface area (Å²) in [5, 5.41) is 79.5. The molecule has 0 aromatic carbocycles. The fourth-order valence-electron chi connectivity index (χ4n) is 11.2. The van der Waals surface area contributed by atoms with Crippen molar-refractivity contribution >= 4 is 10.4 Å². The van der Waals surface area contributed by atoms with Gasteiger partial charge < -0.3 is 50.0 Å². The maximum absolute atomic E-state index is 12.6. The topological polar surface area (TPSA) is 233 Å². The van der Waals surface area contributed by atoms with Gasteiger partial charge in [-0.05, 0) is 84.9 Å². The Labute approximate surface area is 295 Å². The first-order chi connectivity index (χ1) is 23.2. The van der Waals surface area contributed by atoms with Crippen LogP contribution < -0.4 is 0 Å². The van der Waals surface area contributed by atoms with Gasteiger partial charge in [-0.25, -0.2) is 4.18 Å². The summed E-state index contributed by atoms with van der Waals surface area (Å²) in [5.41, 5.74) is -3.17. The number of hydrogen-bond acceptors (Lipinski definition) is 13. The molecule has 290 valence electrons. The van der Waals surface area contributed by atoms with E-state index < -0.39 is 106 Å². The molecule has 18 atom stereocenters. The van der Waals surface area contributed by atoms with Crippen molar-refractivity contribution in [3.05, 3.63) is 12.2 Å². The van der Waals surface area contributed by atoms with Crippen molar-refractivity contribution in [3.63, 3.8) is 0 Å². The van der Waals surface area contributed by atoms with Gasteiger partial charge >= 0.3 is 10.4 Å². The number of ether oxygens (including phenoxy) is 3. The Morgan fingerprint density at radius 1 is 0.920 bits per heavy atom. The summed E-state index contributed by atoms with van der Waals surface area (Å²) in [6.07, 6.45) is -3.83. The Kier molecular flexibility index (Phi) is 12.0. The van der Waals surface area contributed by atoms with E-state index in [2.05, 4.69) is 0 Å². The lowest BCUT2D eigenvalue weighted by Crippen LogP contribution is -2.75. The van der Waals surface area contributed by atoms with Crippen LogP contribution in [0.2, 0.25) is 0 Å². The van der Waals surface area contributed by atoms with Gasteiger partial charge in [0.25, 0.3) is 0 Å². The molecule has 5 aliphatic rings. The minimum absolute atomic E-state index is 0.0355. The van der Waals surface area contributed by atoms with E-state index in [9.17, 15) is 48.7 Å². The minimum Gasteiger partial charge on any atom is -0.393 e.